The number of nitrogens with one attached hydrogen (secondary N) is 1. The van der Waals surface area contributed by atoms with Gasteiger partial charge < -0.3 is 19.5 Å². The van der Waals surface area contributed by atoms with Crippen molar-refractivity contribution in [1.29, 1.82) is 0 Å². The van der Waals surface area contributed by atoms with Crippen LogP contribution in [-0.4, -0.2) is 31.7 Å². The fraction of sp³-hybridized carbons (Fsp3) is 0.273. The van der Waals surface area contributed by atoms with Gasteiger partial charge in [-0.3, -0.25) is 4.79 Å². The van der Waals surface area contributed by atoms with Crippen LogP contribution in [-0.2, 0) is 6.18 Å². The smallest absolute Gasteiger partial charge is 0.416 e. The maximum atomic E-state index is 13.1. The van der Waals surface area contributed by atoms with E-state index in [0.717, 1.165) is 12.1 Å². The van der Waals surface area contributed by atoms with Gasteiger partial charge in [0.1, 0.15) is 16.5 Å². The lowest BCUT2D eigenvalue weighted by molar-refractivity contribution is -0.137. The van der Waals surface area contributed by atoms with Gasteiger partial charge in [-0.2, -0.15) is 13.2 Å². The van der Waals surface area contributed by atoms with Gasteiger partial charge in [-0.1, -0.05) is 13.0 Å². The van der Waals surface area contributed by atoms with Crippen molar-refractivity contribution in [3.05, 3.63) is 53.0 Å². The Kier molecular flexibility index (Phi) is 7.24. The zero-order valence-electron chi connectivity index (χ0n) is 17.6. The van der Waals surface area contributed by atoms with Crippen molar-refractivity contribution in [2.75, 3.05) is 26.1 Å². The first-order valence-corrected chi connectivity index (χ1v) is 10.5. The van der Waals surface area contributed by atoms with Crippen LogP contribution < -0.4 is 19.5 Å². The fourth-order valence-corrected chi connectivity index (χ4v) is 3.71. The summed E-state index contributed by atoms with van der Waals surface area (Å²) < 4.78 is 55.6. The molecular weight excluding hydrogens is 445 g/mol. The number of nitrogens with zero attached hydrogens (tertiary/aromatic N) is 1. The molecule has 1 N–H and O–H groups in total. The molecule has 0 aliphatic heterocycles. The van der Waals surface area contributed by atoms with Crippen LogP contribution in [0.1, 0.15) is 29.4 Å². The van der Waals surface area contributed by atoms with Gasteiger partial charge in [0.25, 0.3) is 5.91 Å². The summed E-state index contributed by atoms with van der Waals surface area (Å²) in [6.45, 7) is 2.16. The predicted molar refractivity (Wildman–Crippen MR) is 116 cm³/mol. The molecule has 0 fully saturated rings. The number of rotatable bonds is 8. The molecule has 170 valence electrons. The van der Waals surface area contributed by atoms with Crippen LogP contribution >= 0.6 is 11.3 Å². The van der Waals surface area contributed by atoms with E-state index in [-0.39, 0.29) is 17.1 Å². The number of hydrogen-bond donors (Lipinski definition) is 1. The van der Waals surface area contributed by atoms with E-state index in [9.17, 15) is 18.0 Å². The minimum absolute atomic E-state index is 0.0497. The van der Waals surface area contributed by atoms with Gasteiger partial charge in [0.2, 0.25) is 0 Å². The van der Waals surface area contributed by atoms with Crippen LogP contribution in [0.5, 0.6) is 17.2 Å². The number of anilines is 1. The van der Waals surface area contributed by atoms with E-state index in [0.29, 0.717) is 35.1 Å². The number of amides is 1. The molecule has 0 spiro atoms. The Morgan fingerprint density at radius 3 is 2.56 bits per heavy atom. The van der Waals surface area contributed by atoms with Crippen molar-refractivity contribution in [2.45, 2.75) is 19.5 Å². The molecule has 0 saturated heterocycles. The van der Waals surface area contributed by atoms with Crippen LogP contribution in [0.25, 0.3) is 10.6 Å². The molecule has 0 radical (unpaired) electrons. The number of para-hydroxylation sites is 1. The number of carbonyl (C=O) groups is 1. The normalized spacial score (nSPS) is 11.2. The number of thiazole rings is 1. The third kappa shape index (κ3) is 5.13. The summed E-state index contributed by atoms with van der Waals surface area (Å²) in [6.07, 6.45) is -3.90. The van der Waals surface area contributed by atoms with Crippen LogP contribution in [0.2, 0.25) is 0 Å². The maximum absolute atomic E-state index is 13.1. The molecule has 3 aromatic rings. The zero-order valence-corrected chi connectivity index (χ0v) is 18.4. The third-order valence-corrected chi connectivity index (χ3v) is 5.26. The molecule has 0 unspecified atom stereocenters. The molecule has 0 atom stereocenters. The first-order chi connectivity index (χ1) is 15.3. The Labute approximate surface area is 187 Å². The molecule has 1 amide bonds. The van der Waals surface area contributed by atoms with Gasteiger partial charge >= 0.3 is 6.18 Å². The monoisotopic (exact) mass is 466 g/mol. The van der Waals surface area contributed by atoms with Crippen LogP contribution in [0.3, 0.4) is 0 Å². The van der Waals surface area contributed by atoms with Crippen molar-refractivity contribution in [2.24, 2.45) is 0 Å². The Morgan fingerprint density at radius 1 is 1.12 bits per heavy atom. The molecular formula is C22H21F3N2O4S. The molecule has 0 bridgehead atoms. The minimum Gasteiger partial charge on any atom is -0.493 e. The molecule has 2 aromatic carbocycles. The summed E-state index contributed by atoms with van der Waals surface area (Å²) >= 11 is 1.20. The van der Waals surface area contributed by atoms with E-state index in [2.05, 4.69) is 10.3 Å². The van der Waals surface area contributed by atoms with Crippen LogP contribution in [0, 0.1) is 0 Å². The van der Waals surface area contributed by atoms with Gasteiger partial charge in [-0.15, -0.1) is 11.3 Å². The molecule has 10 heteroatoms. The number of hydrogen-bond acceptors (Lipinski definition) is 6. The van der Waals surface area contributed by atoms with E-state index in [1.807, 2.05) is 6.92 Å². The second-order valence-electron chi connectivity index (χ2n) is 6.59. The maximum Gasteiger partial charge on any atom is 0.416 e. The molecule has 0 aliphatic rings. The molecule has 32 heavy (non-hydrogen) atoms. The standard InChI is InChI=1S/C22H21F3N2O4S/c1-4-10-31-17-9-8-13(22(23,24)25)11-15(17)26-20(28)16-12-32-21(27-16)14-6-5-7-18(29-2)19(14)30-3/h5-9,11-12H,4,10H2,1-3H3,(H,26,28). The molecule has 1 heterocycles. The highest BCUT2D eigenvalue weighted by atomic mass is 32.1. The number of benzene rings is 2. The highest BCUT2D eigenvalue weighted by Crippen LogP contribution is 2.39. The first kappa shape index (κ1) is 23.4. The van der Waals surface area contributed by atoms with E-state index in [4.69, 9.17) is 14.2 Å². The number of ether oxygens (including phenoxy) is 3. The van der Waals surface area contributed by atoms with Crippen molar-refractivity contribution in [1.82, 2.24) is 4.98 Å². The lowest BCUT2D eigenvalue weighted by Crippen LogP contribution is -2.15. The third-order valence-electron chi connectivity index (χ3n) is 4.39. The lowest BCUT2D eigenvalue weighted by Gasteiger charge is -2.14. The van der Waals surface area contributed by atoms with E-state index >= 15 is 0 Å². The molecule has 0 saturated carbocycles. The van der Waals surface area contributed by atoms with Crippen LogP contribution in [0.4, 0.5) is 18.9 Å². The number of alkyl halides is 3. The number of aromatic nitrogens is 1. The average Bonchev–Trinajstić information content (AvgIpc) is 3.27. The average molecular weight is 466 g/mol. The van der Waals surface area contributed by atoms with Crippen molar-refractivity contribution in [3.63, 3.8) is 0 Å². The van der Waals surface area contributed by atoms with Gasteiger partial charge in [-0.05, 0) is 36.8 Å². The quantitative estimate of drug-likeness (QED) is 0.449. The summed E-state index contributed by atoms with van der Waals surface area (Å²) in [7, 11) is 3.00. The second-order valence-corrected chi connectivity index (χ2v) is 7.45. The number of halogens is 3. The Hall–Kier alpha value is -3.27. The van der Waals surface area contributed by atoms with Crippen molar-refractivity contribution >= 4 is 22.9 Å². The Balaban J connectivity index is 1.90. The predicted octanol–water partition coefficient (Wildman–Crippen LogP) is 5.89. The zero-order chi connectivity index (χ0) is 23.3. The largest absolute Gasteiger partial charge is 0.493 e. The summed E-state index contributed by atoms with van der Waals surface area (Å²) in [4.78, 5) is 17.1. The molecule has 6 nitrogen and oxygen atoms in total. The van der Waals surface area contributed by atoms with Gasteiger partial charge in [-0.25, -0.2) is 4.98 Å². The lowest BCUT2D eigenvalue weighted by atomic mass is 10.1. The minimum atomic E-state index is -4.56. The Morgan fingerprint density at radius 2 is 1.91 bits per heavy atom. The highest BCUT2D eigenvalue weighted by Gasteiger charge is 2.31. The number of methoxy groups -OCH3 is 2. The summed E-state index contributed by atoms with van der Waals surface area (Å²) in [5.74, 6) is 0.463. The molecule has 0 aliphatic carbocycles. The second kappa shape index (κ2) is 9.90. The highest BCUT2D eigenvalue weighted by molar-refractivity contribution is 7.13. The van der Waals surface area contributed by atoms with E-state index < -0.39 is 17.6 Å². The molecule has 1 aromatic heterocycles. The van der Waals surface area contributed by atoms with Gasteiger partial charge in [0, 0.05) is 5.38 Å². The topological polar surface area (TPSA) is 69.7 Å². The summed E-state index contributed by atoms with van der Waals surface area (Å²) in [6, 6.07) is 8.22. The summed E-state index contributed by atoms with van der Waals surface area (Å²) in [5.41, 5.74) is -0.292. The van der Waals surface area contributed by atoms with E-state index in [1.165, 1.54) is 37.0 Å². The molecule has 3 rings (SSSR count). The van der Waals surface area contributed by atoms with E-state index in [1.54, 1.807) is 18.2 Å². The van der Waals surface area contributed by atoms with Gasteiger partial charge in [0.05, 0.1) is 37.6 Å². The Bertz CT molecular complexity index is 1100. The first-order valence-electron chi connectivity index (χ1n) is 9.60. The summed E-state index contributed by atoms with van der Waals surface area (Å²) in [5, 5.41) is 4.50. The van der Waals surface area contributed by atoms with Gasteiger partial charge in [0.15, 0.2) is 11.5 Å². The number of carbonyl (C=O) groups excluding carboxylic acids is 1. The van der Waals surface area contributed by atoms with Crippen molar-refractivity contribution in [3.8, 4) is 27.8 Å². The SMILES string of the molecule is CCCOc1ccc(C(F)(F)F)cc1NC(=O)c1csc(-c2cccc(OC)c2OC)n1. The van der Waals surface area contributed by atoms with Crippen molar-refractivity contribution < 1.29 is 32.2 Å². The van der Waals surface area contributed by atoms with Crippen LogP contribution in [0.15, 0.2) is 41.8 Å². The fourth-order valence-electron chi connectivity index (χ4n) is 2.89.